The van der Waals surface area contributed by atoms with Gasteiger partial charge in [-0.1, -0.05) is 206 Å². The molecule has 0 spiro atoms. The summed E-state index contributed by atoms with van der Waals surface area (Å²) in [6, 6.07) is 0. The van der Waals surface area contributed by atoms with E-state index < -0.39 is 43.4 Å². The predicted octanol–water partition coefficient (Wildman–Crippen LogP) is 14.3. The highest BCUT2D eigenvalue weighted by Gasteiger charge is 2.44. The molecule has 9 nitrogen and oxygen atoms in total. The fourth-order valence-electron chi connectivity index (χ4n) is 7.66. The Hall–Kier alpha value is -3.41. The Labute approximate surface area is 427 Å². The molecule has 1 fully saturated rings. The molecule has 0 bridgehead atoms. The summed E-state index contributed by atoms with van der Waals surface area (Å²) in [5.41, 5.74) is 0. The summed E-state index contributed by atoms with van der Waals surface area (Å²) >= 11 is 0. The zero-order chi connectivity index (χ0) is 50.6. The van der Waals surface area contributed by atoms with Gasteiger partial charge in [-0.15, -0.1) is 0 Å². The normalized spacial score (nSPS) is 19.9. The molecule has 0 aliphatic carbocycles. The quantitative estimate of drug-likeness (QED) is 0.0267. The number of aliphatic hydroxyl groups excluding tert-OH is 4. The second-order valence-electron chi connectivity index (χ2n) is 18.3. The highest BCUT2D eigenvalue weighted by atomic mass is 16.7. The first-order chi connectivity index (χ1) is 34.4. The number of aliphatic hydroxyl groups is 4. The molecule has 1 aliphatic heterocycles. The summed E-state index contributed by atoms with van der Waals surface area (Å²) in [6.07, 6.45) is 66.6. The summed E-state index contributed by atoms with van der Waals surface area (Å²) < 4.78 is 22.9. The van der Waals surface area contributed by atoms with Crippen molar-refractivity contribution < 1.29 is 44.2 Å². The van der Waals surface area contributed by atoms with Crippen LogP contribution in [-0.2, 0) is 23.7 Å². The predicted molar refractivity (Wildman–Crippen MR) is 292 cm³/mol. The summed E-state index contributed by atoms with van der Waals surface area (Å²) in [5.74, 6) is -0.335. The van der Waals surface area contributed by atoms with Crippen molar-refractivity contribution in [3.8, 4) is 0 Å². The van der Waals surface area contributed by atoms with Gasteiger partial charge in [0.2, 0.25) is 0 Å². The second-order valence-corrected chi connectivity index (χ2v) is 18.3. The first kappa shape index (κ1) is 64.6. The van der Waals surface area contributed by atoms with Crippen LogP contribution >= 0.6 is 0 Å². The van der Waals surface area contributed by atoms with Crippen LogP contribution in [0, 0.1) is 0 Å². The fourth-order valence-corrected chi connectivity index (χ4v) is 7.66. The van der Waals surface area contributed by atoms with Gasteiger partial charge in [0.1, 0.15) is 30.5 Å². The zero-order valence-corrected chi connectivity index (χ0v) is 44.0. The van der Waals surface area contributed by atoms with Crippen molar-refractivity contribution in [2.24, 2.45) is 0 Å². The van der Waals surface area contributed by atoms with Gasteiger partial charge < -0.3 is 39.4 Å². The molecule has 6 atom stereocenters. The second kappa shape index (κ2) is 50.5. The molecule has 9 heteroatoms. The number of rotatable bonds is 46. The van der Waals surface area contributed by atoms with Crippen molar-refractivity contribution in [1.82, 2.24) is 0 Å². The van der Waals surface area contributed by atoms with Crippen molar-refractivity contribution in [1.29, 1.82) is 0 Å². The molecule has 70 heavy (non-hydrogen) atoms. The van der Waals surface area contributed by atoms with Crippen molar-refractivity contribution in [2.45, 2.75) is 230 Å². The van der Waals surface area contributed by atoms with Crippen LogP contribution in [0.15, 0.2) is 122 Å². The smallest absolute Gasteiger partial charge is 0.306 e. The molecule has 398 valence electrons. The van der Waals surface area contributed by atoms with Crippen LogP contribution in [0.5, 0.6) is 0 Å². The van der Waals surface area contributed by atoms with E-state index in [0.717, 1.165) is 128 Å². The van der Waals surface area contributed by atoms with E-state index in [1.165, 1.54) is 44.9 Å². The molecule has 0 amide bonds. The van der Waals surface area contributed by atoms with E-state index >= 15 is 0 Å². The molecule has 4 N–H and O–H groups in total. The number of ether oxygens (including phenoxy) is 4. The standard InChI is InChI=1S/C61H100O9/c1-3-5-7-9-11-13-15-17-19-21-23-25-27-28-29-30-32-34-36-38-40-42-44-46-48-50-57(63)69-55(54-68-61-60(66)59(65)58(64)56(52-62)70-61)53-67-51-49-47-45-43-41-39-37-35-33-31-26-24-22-20-18-16-14-12-10-8-6-4-2/h5-8,11-14,17-20,23-26,28-29,32,34,55-56,58-62,64-66H,3-4,9-10,15-16,21-22,27,30-31,33,35-54H2,1-2H3/b7-5-,8-6-,13-11-,14-12-,19-17-,20-18-,25-23-,26-24-,29-28-,34-32-. The number of esters is 1. The highest BCUT2D eigenvalue weighted by molar-refractivity contribution is 5.69. The lowest BCUT2D eigenvalue weighted by atomic mass is 9.99. The maximum absolute atomic E-state index is 12.9. The molecule has 0 saturated carbocycles. The third kappa shape index (κ3) is 40.2. The number of carbonyl (C=O) groups excluding carboxylic acids is 1. The highest BCUT2D eigenvalue weighted by Crippen LogP contribution is 2.23. The van der Waals surface area contributed by atoms with Gasteiger partial charge in [0.25, 0.3) is 0 Å². The molecule has 0 radical (unpaired) electrons. The lowest BCUT2D eigenvalue weighted by molar-refractivity contribution is -0.305. The first-order valence-electron chi connectivity index (χ1n) is 27.6. The van der Waals surface area contributed by atoms with E-state index in [4.69, 9.17) is 18.9 Å². The molecule has 1 aliphatic rings. The molecular formula is C61H100O9. The van der Waals surface area contributed by atoms with E-state index in [9.17, 15) is 25.2 Å². The Kier molecular flexibility index (Phi) is 46.6. The topological polar surface area (TPSA) is 135 Å². The van der Waals surface area contributed by atoms with Crippen LogP contribution in [0.3, 0.4) is 0 Å². The third-order valence-corrected chi connectivity index (χ3v) is 11.9. The number of carbonyl (C=O) groups is 1. The molecule has 1 rings (SSSR count). The molecule has 1 saturated heterocycles. The average molecular weight is 977 g/mol. The van der Waals surface area contributed by atoms with Crippen LogP contribution in [-0.4, -0.2) is 89.6 Å². The molecule has 1 heterocycles. The van der Waals surface area contributed by atoms with Crippen molar-refractivity contribution in [3.05, 3.63) is 122 Å². The molecule has 0 aromatic carbocycles. The van der Waals surface area contributed by atoms with Gasteiger partial charge in [0.05, 0.1) is 19.8 Å². The monoisotopic (exact) mass is 977 g/mol. The SMILES string of the molecule is CC/C=C\C/C=C\C/C=C\C/C=C\C/C=C\C/C=C\CCCCCCCCC(=O)OC(COCCCCCCCCCCC/C=C\C/C=C\C/C=C\C/C=C\CC)COC1OC(CO)C(O)C(O)C1O. The number of hydrogen-bond acceptors (Lipinski definition) is 9. The van der Waals surface area contributed by atoms with E-state index in [2.05, 4.69) is 135 Å². The van der Waals surface area contributed by atoms with E-state index in [1.807, 2.05) is 0 Å². The number of unbranched alkanes of at least 4 members (excludes halogenated alkanes) is 15. The van der Waals surface area contributed by atoms with Crippen LogP contribution < -0.4 is 0 Å². The van der Waals surface area contributed by atoms with Crippen LogP contribution in [0.2, 0.25) is 0 Å². The van der Waals surface area contributed by atoms with E-state index in [-0.39, 0.29) is 19.2 Å². The molecule has 0 aromatic heterocycles. The maximum Gasteiger partial charge on any atom is 0.306 e. The number of allylic oxidation sites excluding steroid dienone is 20. The van der Waals surface area contributed by atoms with Gasteiger partial charge in [-0.2, -0.15) is 0 Å². The Balaban J connectivity index is 2.22. The van der Waals surface area contributed by atoms with Crippen LogP contribution in [0.4, 0.5) is 0 Å². The third-order valence-electron chi connectivity index (χ3n) is 11.9. The van der Waals surface area contributed by atoms with Gasteiger partial charge in [0, 0.05) is 13.0 Å². The summed E-state index contributed by atoms with van der Waals surface area (Å²) in [5, 5.41) is 40.3. The Bertz CT molecular complexity index is 1480. The molecular weight excluding hydrogens is 877 g/mol. The van der Waals surface area contributed by atoms with Crippen LogP contribution in [0.1, 0.15) is 194 Å². The fraction of sp³-hybridized carbons (Fsp3) is 0.656. The summed E-state index contributed by atoms with van der Waals surface area (Å²) in [6.45, 7) is 4.29. The maximum atomic E-state index is 12.9. The summed E-state index contributed by atoms with van der Waals surface area (Å²) in [4.78, 5) is 12.9. The van der Waals surface area contributed by atoms with E-state index in [0.29, 0.717) is 13.0 Å². The lowest BCUT2D eigenvalue weighted by Gasteiger charge is -2.39. The Morgan fingerprint density at radius 1 is 0.457 bits per heavy atom. The van der Waals surface area contributed by atoms with Crippen molar-refractivity contribution >= 4 is 5.97 Å². The van der Waals surface area contributed by atoms with Gasteiger partial charge in [-0.25, -0.2) is 0 Å². The number of hydrogen-bond donors (Lipinski definition) is 4. The van der Waals surface area contributed by atoms with Gasteiger partial charge in [-0.3, -0.25) is 4.79 Å². The van der Waals surface area contributed by atoms with Crippen LogP contribution in [0.25, 0.3) is 0 Å². The Morgan fingerprint density at radius 2 is 0.829 bits per heavy atom. The minimum atomic E-state index is -1.55. The van der Waals surface area contributed by atoms with Crippen molar-refractivity contribution in [3.63, 3.8) is 0 Å². The van der Waals surface area contributed by atoms with Gasteiger partial charge in [0.15, 0.2) is 6.29 Å². The minimum Gasteiger partial charge on any atom is -0.457 e. The first-order valence-corrected chi connectivity index (χ1v) is 27.6. The minimum absolute atomic E-state index is 0.126. The average Bonchev–Trinajstić information content (AvgIpc) is 3.36. The van der Waals surface area contributed by atoms with Gasteiger partial charge >= 0.3 is 5.97 Å². The lowest BCUT2D eigenvalue weighted by Crippen LogP contribution is -2.59. The Morgan fingerprint density at radius 3 is 1.24 bits per heavy atom. The molecule has 0 aromatic rings. The zero-order valence-electron chi connectivity index (χ0n) is 44.0. The van der Waals surface area contributed by atoms with Gasteiger partial charge in [-0.05, 0) is 103 Å². The largest absolute Gasteiger partial charge is 0.457 e. The van der Waals surface area contributed by atoms with Crippen molar-refractivity contribution in [2.75, 3.05) is 26.4 Å². The molecule has 6 unspecified atom stereocenters. The van der Waals surface area contributed by atoms with E-state index in [1.54, 1.807) is 0 Å². The summed E-state index contributed by atoms with van der Waals surface area (Å²) in [7, 11) is 0.